The summed E-state index contributed by atoms with van der Waals surface area (Å²) in [6.07, 6.45) is 17.1. The molecule has 1 heterocycles. The van der Waals surface area contributed by atoms with Gasteiger partial charge in [0.1, 0.15) is 10.9 Å². The van der Waals surface area contributed by atoms with E-state index in [1.165, 1.54) is 37.8 Å². The van der Waals surface area contributed by atoms with Crippen LogP contribution in [-0.4, -0.2) is 15.6 Å². The molecule has 6 heteroatoms. The first-order valence-corrected chi connectivity index (χ1v) is 11.4. The fourth-order valence-electron chi connectivity index (χ4n) is 7.19. The molecule has 4 aliphatic rings. The van der Waals surface area contributed by atoms with Crippen molar-refractivity contribution in [3.63, 3.8) is 0 Å². The standard InChI is InChI=1S/C22H28BrN5/c1-21-9-7-15(26-27-24)11-14(21)3-4-16-17-5-6-19(28-12-20(23)25-13-28)22(17,2)10-8-18(16)21/h3,6,12-13,15-18H,4-5,7-11H2,1-2H3/t15-,16?,17?,18?,21-,22-/m0/s1. The number of azide groups is 1. The molecule has 0 bridgehead atoms. The van der Waals surface area contributed by atoms with Crippen molar-refractivity contribution >= 4 is 21.6 Å². The molecule has 5 rings (SSSR count). The molecule has 0 amide bonds. The predicted molar refractivity (Wildman–Crippen MR) is 114 cm³/mol. The summed E-state index contributed by atoms with van der Waals surface area (Å²) in [6.45, 7) is 4.99. The maximum atomic E-state index is 8.84. The average Bonchev–Trinajstić information content (AvgIpc) is 3.24. The Bertz CT molecular complexity index is 910. The second-order valence-electron chi connectivity index (χ2n) is 9.75. The first kappa shape index (κ1) is 18.5. The lowest BCUT2D eigenvalue weighted by Gasteiger charge is -2.57. The Kier molecular flexibility index (Phi) is 4.29. The number of hydrogen-bond donors (Lipinski definition) is 0. The number of hydrogen-bond acceptors (Lipinski definition) is 2. The van der Waals surface area contributed by atoms with Crippen LogP contribution in [0.3, 0.4) is 0 Å². The lowest BCUT2D eigenvalue weighted by Crippen LogP contribution is -2.49. The second kappa shape index (κ2) is 6.50. The minimum atomic E-state index is 0.161. The average molecular weight is 442 g/mol. The molecule has 3 unspecified atom stereocenters. The van der Waals surface area contributed by atoms with Gasteiger partial charge in [0.15, 0.2) is 0 Å². The Morgan fingerprint density at radius 2 is 2.00 bits per heavy atom. The van der Waals surface area contributed by atoms with E-state index in [0.717, 1.165) is 29.3 Å². The van der Waals surface area contributed by atoms with Gasteiger partial charge in [0.2, 0.25) is 0 Å². The van der Waals surface area contributed by atoms with Crippen LogP contribution in [0.25, 0.3) is 16.1 Å². The van der Waals surface area contributed by atoms with Gasteiger partial charge in [-0.25, -0.2) is 4.98 Å². The molecule has 1 aromatic rings. The van der Waals surface area contributed by atoms with Crippen LogP contribution in [0.2, 0.25) is 0 Å². The molecule has 0 saturated heterocycles. The van der Waals surface area contributed by atoms with Crippen molar-refractivity contribution in [1.82, 2.24) is 9.55 Å². The van der Waals surface area contributed by atoms with Crippen molar-refractivity contribution in [2.75, 3.05) is 0 Å². The van der Waals surface area contributed by atoms with Gasteiger partial charge in [0.05, 0.1) is 0 Å². The molecular formula is C22H28BrN5. The van der Waals surface area contributed by atoms with E-state index in [-0.39, 0.29) is 11.5 Å². The van der Waals surface area contributed by atoms with Gasteiger partial charge in [-0.1, -0.05) is 36.7 Å². The van der Waals surface area contributed by atoms with E-state index >= 15 is 0 Å². The number of allylic oxidation sites excluding steroid dienone is 3. The summed E-state index contributed by atoms with van der Waals surface area (Å²) in [5, 5.41) is 4.04. The fourth-order valence-corrected chi connectivity index (χ4v) is 7.50. The van der Waals surface area contributed by atoms with Crippen molar-refractivity contribution in [3.05, 3.63) is 45.3 Å². The molecule has 0 spiro atoms. The maximum Gasteiger partial charge on any atom is 0.124 e. The molecule has 5 nitrogen and oxygen atoms in total. The van der Waals surface area contributed by atoms with Crippen LogP contribution >= 0.6 is 15.9 Å². The highest BCUT2D eigenvalue weighted by molar-refractivity contribution is 9.10. The van der Waals surface area contributed by atoms with Crippen LogP contribution in [0, 0.1) is 28.6 Å². The summed E-state index contributed by atoms with van der Waals surface area (Å²) < 4.78 is 3.14. The minimum absolute atomic E-state index is 0.161. The molecule has 2 fully saturated rings. The van der Waals surface area contributed by atoms with Gasteiger partial charge in [-0.2, -0.15) is 0 Å². The van der Waals surface area contributed by atoms with Gasteiger partial charge >= 0.3 is 0 Å². The number of aromatic nitrogens is 2. The number of rotatable bonds is 2. The highest BCUT2D eigenvalue weighted by Crippen LogP contribution is 2.65. The van der Waals surface area contributed by atoms with E-state index in [1.807, 2.05) is 6.33 Å². The van der Waals surface area contributed by atoms with Crippen molar-refractivity contribution in [3.8, 4) is 0 Å². The van der Waals surface area contributed by atoms with E-state index in [2.05, 4.69) is 67.7 Å². The maximum absolute atomic E-state index is 8.84. The smallest absolute Gasteiger partial charge is 0.124 e. The third-order valence-electron chi connectivity index (χ3n) is 8.66. The zero-order valence-corrected chi connectivity index (χ0v) is 18.3. The second-order valence-corrected chi connectivity index (χ2v) is 10.6. The number of halogens is 1. The lowest BCUT2D eigenvalue weighted by atomic mass is 9.47. The summed E-state index contributed by atoms with van der Waals surface area (Å²) in [7, 11) is 0. The van der Waals surface area contributed by atoms with Gasteiger partial charge in [0, 0.05) is 28.3 Å². The van der Waals surface area contributed by atoms with E-state index in [0.29, 0.717) is 11.3 Å². The minimum Gasteiger partial charge on any atom is -0.309 e. The third kappa shape index (κ3) is 2.57. The molecule has 0 N–H and O–H groups in total. The lowest BCUT2D eigenvalue weighted by molar-refractivity contribution is -0.0127. The Morgan fingerprint density at radius 3 is 2.75 bits per heavy atom. The molecule has 2 saturated carbocycles. The van der Waals surface area contributed by atoms with Crippen LogP contribution < -0.4 is 0 Å². The molecule has 0 radical (unpaired) electrons. The van der Waals surface area contributed by atoms with Gasteiger partial charge in [-0.05, 0) is 89.6 Å². The molecule has 28 heavy (non-hydrogen) atoms. The van der Waals surface area contributed by atoms with Gasteiger partial charge < -0.3 is 4.57 Å². The zero-order chi connectivity index (χ0) is 19.5. The predicted octanol–water partition coefficient (Wildman–Crippen LogP) is 6.74. The molecule has 0 aliphatic heterocycles. The van der Waals surface area contributed by atoms with E-state index in [9.17, 15) is 0 Å². The van der Waals surface area contributed by atoms with Crippen LogP contribution in [0.1, 0.15) is 58.8 Å². The Labute approximate surface area is 175 Å². The van der Waals surface area contributed by atoms with Crippen LogP contribution in [0.15, 0.2) is 40.0 Å². The molecule has 6 atom stereocenters. The van der Waals surface area contributed by atoms with Crippen molar-refractivity contribution in [1.29, 1.82) is 0 Å². The summed E-state index contributed by atoms with van der Waals surface area (Å²) in [5.41, 5.74) is 12.4. The molecule has 148 valence electrons. The summed E-state index contributed by atoms with van der Waals surface area (Å²) in [6, 6.07) is 0.161. The highest BCUT2D eigenvalue weighted by Gasteiger charge is 2.57. The Morgan fingerprint density at radius 1 is 1.18 bits per heavy atom. The summed E-state index contributed by atoms with van der Waals surface area (Å²) >= 11 is 3.50. The molecule has 1 aromatic heterocycles. The highest BCUT2D eigenvalue weighted by atomic mass is 79.9. The Balaban J connectivity index is 1.44. The van der Waals surface area contributed by atoms with Crippen molar-refractivity contribution in [2.24, 2.45) is 33.7 Å². The number of imidazole rings is 1. The Hall–Kier alpha value is -1.52. The zero-order valence-electron chi connectivity index (χ0n) is 16.7. The first-order valence-electron chi connectivity index (χ1n) is 10.6. The quantitative estimate of drug-likeness (QED) is 0.217. The number of nitrogens with zero attached hydrogens (tertiary/aromatic N) is 5. The third-order valence-corrected chi connectivity index (χ3v) is 9.07. The summed E-state index contributed by atoms with van der Waals surface area (Å²) in [4.78, 5) is 7.47. The number of fused-ring (bicyclic) bond motifs is 5. The largest absolute Gasteiger partial charge is 0.309 e. The van der Waals surface area contributed by atoms with Crippen molar-refractivity contribution < 1.29 is 0 Å². The normalized spacial score (nSPS) is 41.8. The summed E-state index contributed by atoms with van der Waals surface area (Å²) in [5.74, 6) is 2.23. The first-order chi connectivity index (χ1) is 13.5. The monoisotopic (exact) mass is 441 g/mol. The van der Waals surface area contributed by atoms with Gasteiger partial charge in [-0.3, -0.25) is 0 Å². The van der Waals surface area contributed by atoms with E-state index in [4.69, 9.17) is 5.53 Å². The van der Waals surface area contributed by atoms with E-state index in [1.54, 1.807) is 5.57 Å². The topological polar surface area (TPSA) is 66.6 Å². The van der Waals surface area contributed by atoms with Crippen molar-refractivity contribution in [2.45, 2.75) is 64.8 Å². The SMILES string of the molecule is C[C@]12CC[C@H](N=[N+]=[N-])CC1=CCC1C2CC[C@]2(C)C(n3cnc(Br)c3)=CCC12. The van der Waals surface area contributed by atoms with Crippen LogP contribution in [0.5, 0.6) is 0 Å². The molecule has 4 aliphatic carbocycles. The molecule has 0 aromatic carbocycles. The van der Waals surface area contributed by atoms with Crippen LogP contribution in [0.4, 0.5) is 0 Å². The van der Waals surface area contributed by atoms with Crippen LogP contribution in [-0.2, 0) is 0 Å². The van der Waals surface area contributed by atoms with Gasteiger partial charge in [0.25, 0.3) is 0 Å². The fraction of sp³-hybridized carbons (Fsp3) is 0.682. The molecular weight excluding hydrogens is 414 g/mol. The van der Waals surface area contributed by atoms with Gasteiger partial charge in [-0.15, -0.1) is 0 Å². The van der Waals surface area contributed by atoms with E-state index < -0.39 is 0 Å².